The SMILES string of the molecule is CCNC(=NCc1nc(-c2ccco2)n[nH]1)NCC(c1ccc(F)cc1)N1CCOCC1.I. The van der Waals surface area contributed by atoms with Gasteiger partial charge in [-0.25, -0.2) is 14.4 Å². The average molecular weight is 569 g/mol. The first-order chi connectivity index (χ1) is 15.7. The van der Waals surface area contributed by atoms with E-state index < -0.39 is 0 Å². The van der Waals surface area contributed by atoms with Gasteiger partial charge in [-0.1, -0.05) is 12.1 Å². The second kappa shape index (κ2) is 12.7. The maximum atomic E-state index is 13.5. The van der Waals surface area contributed by atoms with Crippen LogP contribution in [0.2, 0.25) is 0 Å². The molecule has 4 rings (SSSR count). The molecule has 11 heteroatoms. The number of hydrogen-bond donors (Lipinski definition) is 3. The molecule has 3 N–H and O–H groups in total. The highest BCUT2D eigenvalue weighted by molar-refractivity contribution is 14.0. The van der Waals surface area contributed by atoms with Gasteiger partial charge in [0.15, 0.2) is 11.7 Å². The Kier molecular flexibility index (Phi) is 9.63. The molecule has 1 aliphatic rings. The van der Waals surface area contributed by atoms with Gasteiger partial charge in [0.25, 0.3) is 0 Å². The Morgan fingerprint density at radius 3 is 2.70 bits per heavy atom. The van der Waals surface area contributed by atoms with Crippen molar-refractivity contribution in [3.8, 4) is 11.6 Å². The Hall–Kier alpha value is -2.51. The molecule has 0 radical (unpaired) electrons. The van der Waals surface area contributed by atoms with Gasteiger partial charge in [-0.2, -0.15) is 0 Å². The van der Waals surface area contributed by atoms with Crippen molar-refractivity contribution in [1.29, 1.82) is 0 Å². The van der Waals surface area contributed by atoms with Crippen molar-refractivity contribution >= 4 is 29.9 Å². The molecule has 1 aromatic carbocycles. The third-order valence-electron chi connectivity index (χ3n) is 5.21. The normalized spacial score (nSPS) is 15.6. The quantitative estimate of drug-likeness (QED) is 0.218. The second-order valence-electron chi connectivity index (χ2n) is 7.37. The summed E-state index contributed by atoms with van der Waals surface area (Å²) < 4.78 is 24.3. The van der Waals surface area contributed by atoms with Gasteiger partial charge in [0.1, 0.15) is 18.2 Å². The first-order valence-corrected chi connectivity index (χ1v) is 10.8. The van der Waals surface area contributed by atoms with E-state index in [1.54, 1.807) is 12.3 Å². The molecule has 3 heterocycles. The highest BCUT2D eigenvalue weighted by Gasteiger charge is 2.23. The van der Waals surface area contributed by atoms with Gasteiger partial charge in [0.2, 0.25) is 5.82 Å². The topological polar surface area (TPSA) is 104 Å². The number of rotatable bonds is 8. The Labute approximate surface area is 209 Å². The first-order valence-electron chi connectivity index (χ1n) is 10.8. The van der Waals surface area contributed by atoms with Crippen molar-refractivity contribution in [3.63, 3.8) is 0 Å². The van der Waals surface area contributed by atoms with Gasteiger partial charge >= 0.3 is 0 Å². The standard InChI is InChI=1S/C22H28FN7O2.HI/c1-2-24-22(26-15-20-27-21(29-28-20)19-4-3-11-32-19)25-14-18(30-9-12-31-13-10-30)16-5-7-17(23)8-6-16;/h3-8,11,18H,2,9-10,12-15H2,1H3,(H2,24,25,26)(H,27,28,29);1H. The number of nitrogens with one attached hydrogen (secondary N) is 3. The van der Waals surface area contributed by atoms with Crippen LogP contribution in [-0.4, -0.2) is 65.4 Å². The summed E-state index contributed by atoms with van der Waals surface area (Å²) in [4.78, 5) is 11.4. The zero-order chi connectivity index (χ0) is 22.2. The summed E-state index contributed by atoms with van der Waals surface area (Å²) in [7, 11) is 0. The summed E-state index contributed by atoms with van der Waals surface area (Å²) >= 11 is 0. The number of nitrogens with zero attached hydrogens (tertiary/aromatic N) is 4. The molecule has 3 aromatic rings. The summed E-state index contributed by atoms with van der Waals surface area (Å²) in [5.74, 6) is 2.18. The predicted octanol–water partition coefficient (Wildman–Crippen LogP) is 2.95. The number of furan rings is 1. The fourth-order valence-corrected chi connectivity index (χ4v) is 3.60. The monoisotopic (exact) mass is 569 g/mol. The molecule has 0 aliphatic carbocycles. The molecule has 1 saturated heterocycles. The molecule has 1 fully saturated rings. The van der Waals surface area contributed by atoms with Crippen LogP contribution in [0.25, 0.3) is 11.6 Å². The molecule has 1 atom stereocenters. The molecule has 0 saturated carbocycles. The number of halogens is 2. The summed E-state index contributed by atoms with van der Waals surface area (Å²) in [5.41, 5.74) is 1.05. The molecule has 1 unspecified atom stereocenters. The second-order valence-corrected chi connectivity index (χ2v) is 7.37. The van der Waals surface area contributed by atoms with Crippen molar-refractivity contribution in [2.24, 2.45) is 4.99 Å². The van der Waals surface area contributed by atoms with Gasteiger partial charge in [0.05, 0.1) is 25.5 Å². The minimum atomic E-state index is -0.238. The minimum Gasteiger partial charge on any atom is -0.461 e. The first kappa shape index (κ1) is 25.1. The Bertz CT molecular complexity index is 989. The predicted molar refractivity (Wildman–Crippen MR) is 134 cm³/mol. The van der Waals surface area contributed by atoms with Crippen molar-refractivity contribution in [3.05, 3.63) is 59.9 Å². The lowest BCUT2D eigenvalue weighted by atomic mass is 10.0. The number of aromatic amines is 1. The number of aromatic nitrogens is 3. The number of H-pyrrole nitrogens is 1. The summed E-state index contributed by atoms with van der Waals surface area (Å²) in [6.07, 6.45) is 1.59. The van der Waals surface area contributed by atoms with Crippen LogP contribution < -0.4 is 10.6 Å². The van der Waals surface area contributed by atoms with Crippen LogP contribution in [-0.2, 0) is 11.3 Å². The Balaban J connectivity index is 0.00000306. The number of benzene rings is 1. The van der Waals surface area contributed by atoms with Crippen molar-refractivity contribution in [2.45, 2.75) is 19.5 Å². The zero-order valence-electron chi connectivity index (χ0n) is 18.5. The Morgan fingerprint density at radius 2 is 2.00 bits per heavy atom. The molecule has 0 amide bonds. The highest BCUT2D eigenvalue weighted by Crippen LogP contribution is 2.21. The van der Waals surface area contributed by atoms with Crippen LogP contribution in [0.4, 0.5) is 4.39 Å². The van der Waals surface area contributed by atoms with E-state index in [0.717, 1.165) is 25.2 Å². The van der Waals surface area contributed by atoms with E-state index in [0.29, 0.717) is 49.7 Å². The molecule has 2 aromatic heterocycles. The van der Waals surface area contributed by atoms with Gasteiger partial charge in [-0.3, -0.25) is 10.00 Å². The van der Waals surface area contributed by atoms with Crippen LogP contribution >= 0.6 is 24.0 Å². The van der Waals surface area contributed by atoms with E-state index in [-0.39, 0.29) is 35.8 Å². The van der Waals surface area contributed by atoms with E-state index in [2.05, 4.69) is 35.7 Å². The fourth-order valence-electron chi connectivity index (χ4n) is 3.60. The van der Waals surface area contributed by atoms with Crippen molar-refractivity contribution in [2.75, 3.05) is 39.4 Å². The molecule has 0 spiro atoms. The third-order valence-corrected chi connectivity index (χ3v) is 5.21. The van der Waals surface area contributed by atoms with Gasteiger partial charge in [-0.15, -0.1) is 29.1 Å². The van der Waals surface area contributed by atoms with E-state index in [1.807, 2.05) is 25.1 Å². The maximum Gasteiger partial charge on any atom is 0.216 e. The van der Waals surface area contributed by atoms with Gasteiger partial charge in [-0.05, 0) is 36.8 Å². The summed E-state index contributed by atoms with van der Waals surface area (Å²) in [6, 6.07) is 10.4. The molecule has 33 heavy (non-hydrogen) atoms. The van der Waals surface area contributed by atoms with Crippen LogP contribution in [0.5, 0.6) is 0 Å². The zero-order valence-corrected chi connectivity index (χ0v) is 20.8. The van der Waals surface area contributed by atoms with E-state index in [4.69, 9.17) is 9.15 Å². The average Bonchev–Trinajstić information content (AvgIpc) is 3.51. The number of aliphatic imine (C=N–C) groups is 1. The molecule has 9 nitrogen and oxygen atoms in total. The molecular weight excluding hydrogens is 540 g/mol. The highest BCUT2D eigenvalue weighted by atomic mass is 127. The van der Waals surface area contributed by atoms with E-state index in [9.17, 15) is 4.39 Å². The molecule has 1 aliphatic heterocycles. The molecular formula is C22H29FIN7O2. The Morgan fingerprint density at radius 1 is 1.21 bits per heavy atom. The van der Waals surface area contributed by atoms with Crippen LogP contribution in [0.3, 0.4) is 0 Å². The van der Waals surface area contributed by atoms with Gasteiger partial charge in [0, 0.05) is 26.2 Å². The van der Waals surface area contributed by atoms with E-state index in [1.165, 1.54) is 12.1 Å². The number of guanidine groups is 1. The largest absolute Gasteiger partial charge is 0.461 e. The van der Waals surface area contributed by atoms with Crippen LogP contribution in [0.15, 0.2) is 52.1 Å². The third kappa shape index (κ3) is 6.98. The summed E-state index contributed by atoms with van der Waals surface area (Å²) in [6.45, 7) is 6.72. The summed E-state index contributed by atoms with van der Waals surface area (Å²) in [5, 5.41) is 13.8. The van der Waals surface area contributed by atoms with Crippen LogP contribution in [0, 0.1) is 5.82 Å². The lowest BCUT2D eigenvalue weighted by Gasteiger charge is -2.35. The van der Waals surface area contributed by atoms with Crippen molar-refractivity contribution < 1.29 is 13.5 Å². The maximum absolute atomic E-state index is 13.5. The number of hydrogen-bond acceptors (Lipinski definition) is 6. The lowest BCUT2D eigenvalue weighted by molar-refractivity contribution is 0.0170. The smallest absolute Gasteiger partial charge is 0.216 e. The van der Waals surface area contributed by atoms with Crippen LogP contribution in [0.1, 0.15) is 24.4 Å². The lowest BCUT2D eigenvalue weighted by Crippen LogP contribution is -2.46. The fraction of sp³-hybridized carbons (Fsp3) is 0.409. The number of morpholine rings is 1. The number of ether oxygens (including phenoxy) is 1. The molecule has 0 bridgehead atoms. The molecule has 178 valence electrons. The minimum absolute atomic E-state index is 0. The van der Waals surface area contributed by atoms with Crippen molar-refractivity contribution in [1.82, 2.24) is 30.7 Å². The van der Waals surface area contributed by atoms with E-state index >= 15 is 0 Å². The van der Waals surface area contributed by atoms with Gasteiger partial charge < -0.3 is 19.8 Å².